The Morgan fingerprint density at radius 1 is 1.42 bits per heavy atom. The highest BCUT2D eigenvalue weighted by Gasteiger charge is 2.26. The summed E-state index contributed by atoms with van der Waals surface area (Å²) in [7, 11) is 0. The molecule has 4 heteroatoms. The van der Waals surface area contributed by atoms with E-state index in [9.17, 15) is 0 Å². The highest BCUT2D eigenvalue weighted by Crippen LogP contribution is 2.35. The molecule has 4 nitrogen and oxygen atoms in total. The lowest BCUT2D eigenvalue weighted by Crippen LogP contribution is -2.12. The highest BCUT2D eigenvalue weighted by molar-refractivity contribution is 5.35. The van der Waals surface area contributed by atoms with E-state index >= 15 is 0 Å². The molecule has 0 amide bonds. The summed E-state index contributed by atoms with van der Waals surface area (Å²) in [5.41, 5.74) is 8.39. The molecule has 1 heterocycles. The number of aryl methyl sites for hydroxylation is 1. The van der Waals surface area contributed by atoms with Crippen LogP contribution < -0.4 is 5.73 Å². The molecule has 100 valence electrons. The van der Waals surface area contributed by atoms with Crippen LogP contribution >= 0.6 is 0 Å². The van der Waals surface area contributed by atoms with Crippen molar-refractivity contribution in [2.45, 2.75) is 38.0 Å². The molecular formula is C15H19N3O. The third kappa shape index (κ3) is 2.28. The molecule has 0 saturated heterocycles. The third-order valence-electron chi connectivity index (χ3n) is 3.92. The summed E-state index contributed by atoms with van der Waals surface area (Å²) in [4.78, 5) is 4.55. The van der Waals surface area contributed by atoms with Gasteiger partial charge in [0.05, 0.1) is 5.92 Å². The molecule has 3 rings (SSSR count). The summed E-state index contributed by atoms with van der Waals surface area (Å²) in [5, 5.41) is 4.07. The fraction of sp³-hybridized carbons (Fsp3) is 0.467. The minimum absolute atomic E-state index is 0.149. The second-order valence-electron chi connectivity index (χ2n) is 5.27. The van der Waals surface area contributed by atoms with Crippen LogP contribution in [0.4, 0.5) is 0 Å². The van der Waals surface area contributed by atoms with E-state index in [1.54, 1.807) is 0 Å². The summed E-state index contributed by atoms with van der Waals surface area (Å²) < 4.78 is 5.47. The lowest BCUT2D eigenvalue weighted by Gasteiger charge is -2.22. The van der Waals surface area contributed by atoms with Crippen LogP contribution in [0.3, 0.4) is 0 Å². The standard InChI is InChI=1S/C15H19N3O/c1-10(9-16)14-17-15(19-18-14)13-8-4-6-11-5-2-3-7-12(11)13/h2-3,5,7,10,13H,4,6,8-9,16H2,1H3. The molecule has 0 saturated carbocycles. The Morgan fingerprint density at radius 2 is 2.26 bits per heavy atom. The fourth-order valence-electron chi connectivity index (χ4n) is 2.70. The highest BCUT2D eigenvalue weighted by atomic mass is 16.5. The maximum Gasteiger partial charge on any atom is 0.234 e. The van der Waals surface area contributed by atoms with E-state index < -0.39 is 0 Å². The van der Waals surface area contributed by atoms with Gasteiger partial charge in [-0.3, -0.25) is 0 Å². The maximum absolute atomic E-state index is 5.65. The van der Waals surface area contributed by atoms with Crippen LogP contribution in [-0.2, 0) is 6.42 Å². The molecule has 1 aromatic carbocycles. The Bertz CT molecular complexity index is 564. The fourth-order valence-corrected chi connectivity index (χ4v) is 2.70. The van der Waals surface area contributed by atoms with Gasteiger partial charge in [-0.05, 0) is 30.4 Å². The summed E-state index contributed by atoms with van der Waals surface area (Å²) in [6.45, 7) is 2.56. The quantitative estimate of drug-likeness (QED) is 0.918. The number of benzene rings is 1. The predicted octanol–water partition coefficient (Wildman–Crippen LogP) is 2.60. The van der Waals surface area contributed by atoms with Crippen molar-refractivity contribution in [2.24, 2.45) is 5.73 Å². The monoisotopic (exact) mass is 257 g/mol. The first-order valence-electron chi connectivity index (χ1n) is 6.91. The molecule has 1 aliphatic carbocycles. The Morgan fingerprint density at radius 3 is 3.11 bits per heavy atom. The average Bonchev–Trinajstić information content (AvgIpc) is 2.95. The molecule has 0 radical (unpaired) electrons. The molecule has 2 atom stereocenters. The van der Waals surface area contributed by atoms with Crippen molar-refractivity contribution in [3.63, 3.8) is 0 Å². The first-order valence-corrected chi connectivity index (χ1v) is 6.91. The van der Waals surface area contributed by atoms with Crippen LogP contribution in [0.5, 0.6) is 0 Å². The van der Waals surface area contributed by atoms with Gasteiger partial charge in [0.25, 0.3) is 0 Å². The Kier molecular flexibility index (Phi) is 3.34. The van der Waals surface area contributed by atoms with Gasteiger partial charge in [-0.15, -0.1) is 0 Å². The van der Waals surface area contributed by atoms with E-state index in [4.69, 9.17) is 10.3 Å². The Balaban J connectivity index is 1.93. The van der Waals surface area contributed by atoms with Crippen LogP contribution in [0.25, 0.3) is 0 Å². The second-order valence-corrected chi connectivity index (χ2v) is 5.27. The molecule has 2 N–H and O–H groups in total. The van der Waals surface area contributed by atoms with Crippen molar-refractivity contribution >= 4 is 0 Å². The smallest absolute Gasteiger partial charge is 0.234 e. The lowest BCUT2D eigenvalue weighted by atomic mass is 9.83. The normalized spacial score (nSPS) is 20.0. The van der Waals surface area contributed by atoms with Crippen molar-refractivity contribution in [3.8, 4) is 0 Å². The molecule has 0 spiro atoms. The molecule has 1 aromatic heterocycles. The van der Waals surface area contributed by atoms with Gasteiger partial charge in [-0.2, -0.15) is 4.98 Å². The van der Waals surface area contributed by atoms with Crippen molar-refractivity contribution in [2.75, 3.05) is 6.54 Å². The zero-order valence-electron chi connectivity index (χ0n) is 11.2. The van der Waals surface area contributed by atoms with E-state index in [-0.39, 0.29) is 11.8 Å². The van der Waals surface area contributed by atoms with Crippen molar-refractivity contribution in [3.05, 3.63) is 47.1 Å². The van der Waals surface area contributed by atoms with Crippen LogP contribution in [0.15, 0.2) is 28.8 Å². The van der Waals surface area contributed by atoms with Crippen LogP contribution in [-0.4, -0.2) is 16.7 Å². The Hall–Kier alpha value is -1.68. The van der Waals surface area contributed by atoms with E-state index in [0.29, 0.717) is 6.54 Å². The summed E-state index contributed by atoms with van der Waals surface area (Å²) in [6, 6.07) is 8.55. The topological polar surface area (TPSA) is 64.9 Å². The number of fused-ring (bicyclic) bond motifs is 1. The van der Waals surface area contributed by atoms with E-state index in [1.807, 2.05) is 6.92 Å². The molecule has 1 aliphatic rings. The van der Waals surface area contributed by atoms with Gasteiger partial charge >= 0.3 is 0 Å². The van der Waals surface area contributed by atoms with Crippen molar-refractivity contribution in [1.29, 1.82) is 0 Å². The zero-order chi connectivity index (χ0) is 13.2. The van der Waals surface area contributed by atoms with Gasteiger partial charge < -0.3 is 10.3 Å². The first kappa shape index (κ1) is 12.4. The van der Waals surface area contributed by atoms with E-state index in [2.05, 4.69) is 34.4 Å². The van der Waals surface area contributed by atoms with Gasteiger partial charge in [0.2, 0.25) is 5.89 Å². The first-order chi connectivity index (χ1) is 9.29. The van der Waals surface area contributed by atoms with Crippen LogP contribution in [0, 0.1) is 0 Å². The number of rotatable bonds is 3. The minimum Gasteiger partial charge on any atom is -0.339 e. The van der Waals surface area contributed by atoms with Crippen LogP contribution in [0.1, 0.15) is 54.4 Å². The molecule has 0 fully saturated rings. The third-order valence-corrected chi connectivity index (χ3v) is 3.92. The number of hydrogen-bond donors (Lipinski definition) is 1. The molecule has 0 bridgehead atoms. The number of aromatic nitrogens is 2. The van der Waals surface area contributed by atoms with Crippen LogP contribution in [0.2, 0.25) is 0 Å². The number of hydrogen-bond acceptors (Lipinski definition) is 4. The van der Waals surface area contributed by atoms with Gasteiger partial charge in [0.15, 0.2) is 5.82 Å². The molecule has 0 aliphatic heterocycles. The average molecular weight is 257 g/mol. The van der Waals surface area contributed by atoms with Gasteiger partial charge in [-0.1, -0.05) is 36.3 Å². The lowest BCUT2D eigenvalue weighted by molar-refractivity contribution is 0.349. The molecule has 19 heavy (non-hydrogen) atoms. The van der Waals surface area contributed by atoms with Gasteiger partial charge in [0.1, 0.15) is 0 Å². The Labute approximate surface area is 113 Å². The largest absolute Gasteiger partial charge is 0.339 e. The zero-order valence-corrected chi connectivity index (χ0v) is 11.2. The van der Waals surface area contributed by atoms with E-state index in [0.717, 1.165) is 24.6 Å². The molecule has 2 aromatic rings. The number of nitrogens with zero attached hydrogens (tertiary/aromatic N) is 2. The van der Waals surface area contributed by atoms with E-state index in [1.165, 1.54) is 17.5 Å². The summed E-state index contributed by atoms with van der Waals surface area (Å²) >= 11 is 0. The molecular weight excluding hydrogens is 238 g/mol. The molecule has 2 unspecified atom stereocenters. The second kappa shape index (κ2) is 5.13. The summed E-state index contributed by atoms with van der Waals surface area (Å²) in [5.74, 6) is 1.86. The maximum atomic E-state index is 5.65. The predicted molar refractivity (Wildman–Crippen MR) is 73.0 cm³/mol. The minimum atomic E-state index is 0.149. The van der Waals surface area contributed by atoms with Crippen molar-refractivity contribution in [1.82, 2.24) is 10.1 Å². The van der Waals surface area contributed by atoms with Gasteiger partial charge in [-0.25, -0.2) is 0 Å². The SMILES string of the molecule is CC(CN)c1noc(C2CCCc3ccccc32)n1. The number of nitrogens with two attached hydrogens (primary N) is 1. The van der Waals surface area contributed by atoms with Crippen molar-refractivity contribution < 1.29 is 4.52 Å². The summed E-state index contributed by atoms with van der Waals surface area (Å²) in [6.07, 6.45) is 3.40. The van der Waals surface area contributed by atoms with Gasteiger partial charge in [0, 0.05) is 12.5 Å².